The second-order valence-electron chi connectivity index (χ2n) is 8.19. The van der Waals surface area contributed by atoms with E-state index in [0.717, 1.165) is 5.39 Å². The van der Waals surface area contributed by atoms with Crippen LogP contribution in [0.25, 0.3) is 10.9 Å². The van der Waals surface area contributed by atoms with E-state index >= 15 is 0 Å². The minimum atomic E-state index is -3.89. The molecule has 1 aliphatic rings. The summed E-state index contributed by atoms with van der Waals surface area (Å²) >= 11 is 6.19. The molecule has 4 aromatic rings. The van der Waals surface area contributed by atoms with Crippen molar-refractivity contribution in [2.75, 3.05) is 17.8 Å². The summed E-state index contributed by atoms with van der Waals surface area (Å²) in [5.74, 6) is -0.260. The van der Waals surface area contributed by atoms with E-state index in [-0.39, 0.29) is 23.9 Å². The van der Waals surface area contributed by atoms with Gasteiger partial charge >= 0.3 is 0 Å². The van der Waals surface area contributed by atoms with Gasteiger partial charge in [-0.05, 0) is 42.5 Å². The van der Waals surface area contributed by atoms with Crippen molar-refractivity contribution in [1.82, 2.24) is 9.88 Å². The Labute approximate surface area is 201 Å². The molecule has 0 spiro atoms. The molecule has 5 rings (SSSR count). The van der Waals surface area contributed by atoms with Gasteiger partial charge in [-0.25, -0.2) is 8.42 Å². The van der Waals surface area contributed by atoms with Crippen LogP contribution in [0, 0.1) is 0 Å². The van der Waals surface area contributed by atoms with Crippen molar-refractivity contribution in [3.05, 3.63) is 101 Å². The number of halogens is 1. The van der Waals surface area contributed by atoms with Crippen LogP contribution in [-0.4, -0.2) is 42.4 Å². The number of carbonyl (C=O) groups excluding carboxylic acids is 1. The van der Waals surface area contributed by atoms with Gasteiger partial charge in [0.2, 0.25) is 0 Å². The molecule has 9 heteroatoms. The van der Waals surface area contributed by atoms with Crippen molar-refractivity contribution in [2.24, 2.45) is 0 Å². The molecule has 1 amide bonds. The van der Waals surface area contributed by atoms with E-state index in [4.69, 9.17) is 11.6 Å². The van der Waals surface area contributed by atoms with E-state index in [1.807, 2.05) is 0 Å². The van der Waals surface area contributed by atoms with Crippen LogP contribution in [0.2, 0.25) is 5.02 Å². The Morgan fingerprint density at radius 3 is 2.41 bits per heavy atom. The molecular weight excluding hydrogens is 474 g/mol. The lowest BCUT2D eigenvalue weighted by Crippen LogP contribution is -2.61. The summed E-state index contributed by atoms with van der Waals surface area (Å²) in [6.45, 7) is 0.246. The van der Waals surface area contributed by atoms with Gasteiger partial charge in [0.05, 0.1) is 18.6 Å². The molecule has 0 aliphatic carbocycles. The summed E-state index contributed by atoms with van der Waals surface area (Å²) in [5, 5.41) is 12.0. The van der Waals surface area contributed by atoms with Gasteiger partial charge in [-0.1, -0.05) is 48.0 Å². The van der Waals surface area contributed by atoms with E-state index in [2.05, 4.69) is 9.71 Å². The van der Waals surface area contributed by atoms with Crippen molar-refractivity contribution >= 4 is 44.1 Å². The number of nitrogens with one attached hydrogen (secondary N) is 1. The lowest BCUT2D eigenvalue weighted by atomic mass is 9.85. The highest BCUT2D eigenvalue weighted by atomic mass is 35.5. The largest absolute Gasteiger partial charge is 0.381 e. The van der Waals surface area contributed by atoms with E-state index in [1.54, 1.807) is 66.9 Å². The third-order valence-electron chi connectivity index (χ3n) is 5.84. The Morgan fingerprint density at radius 1 is 0.971 bits per heavy atom. The molecule has 0 radical (unpaired) electrons. The minimum absolute atomic E-state index is 0.0743. The number of sulfonamides is 1. The third kappa shape index (κ3) is 4.00. The highest BCUT2D eigenvalue weighted by molar-refractivity contribution is 7.93. The van der Waals surface area contributed by atoms with Gasteiger partial charge in [0.25, 0.3) is 15.9 Å². The van der Waals surface area contributed by atoms with Crippen LogP contribution < -0.4 is 4.72 Å². The van der Waals surface area contributed by atoms with Gasteiger partial charge in [0.15, 0.2) is 0 Å². The first-order chi connectivity index (χ1) is 16.3. The number of likely N-dealkylation sites (tertiary alicyclic amines) is 1. The summed E-state index contributed by atoms with van der Waals surface area (Å²) in [7, 11) is -3.89. The summed E-state index contributed by atoms with van der Waals surface area (Å²) in [5.41, 5.74) is 0.494. The monoisotopic (exact) mass is 493 g/mol. The van der Waals surface area contributed by atoms with Crippen LogP contribution in [0.3, 0.4) is 0 Å². The smallest absolute Gasteiger partial charge is 0.264 e. The van der Waals surface area contributed by atoms with Crippen LogP contribution in [0.15, 0.2) is 90.0 Å². The molecule has 0 bridgehead atoms. The Bertz CT molecular complexity index is 1500. The van der Waals surface area contributed by atoms with Gasteiger partial charge in [-0.3, -0.25) is 14.5 Å². The molecule has 7 nitrogen and oxygen atoms in total. The van der Waals surface area contributed by atoms with Crippen molar-refractivity contribution in [2.45, 2.75) is 10.5 Å². The molecule has 172 valence electrons. The molecular formula is C25H20ClN3O4S. The number of aliphatic hydroxyl groups is 1. The predicted octanol–water partition coefficient (Wildman–Crippen LogP) is 4.03. The SMILES string of the molecule is O=C(c1ccc(NS(=O)(=O)c2cccc3cccnc23)cc1)N1CC(O)(c2ccccc2Cl)C1. The average Bonchev–Trinajstić information content (AvgIpc) is 2.82. The standard InChI is InChI=1S/C25H20ClN3O4S/c26-21-8-2-1-7-20(21)25(31)15-29(16-25)24(30)18-10-12-19(13-11-18)28-34(32,33)22-9-3-5-17-6-4-14-27-23(17)22/h1-14,28,31H,15-16H2. The molecule has 1 aliphatic heterocycles. The lowest BCUT2D eigenvalue weighted by Gasteiger charge is -2.47. The zero-order valence-corrected chi connectivity index (χ0v) is 19.4. The Morgan fingerprint density at radius 2 is 1.68 bits per heavy atom. The fourth-order valence-electron chi connectivity index (χ4n) is 4.10. The molecule has 2 N–H and O–H groups in total. The molecule has 34 heavy (non-hydrogen) atoms. The first-order valence-electron chi connectivity index (χ1n) is 10.5. The van der Waals surface area contributed by atoms with Crippen LogP contribution in [0.1, 0.15) is 15.9 Å². The minimum Gasteiger partial charge on any atom is -0.381 e. The first kappa shape index (κ1) is 22.3. The number of pyridine rings is 1. The summed E-state index contributed by atoms with van der Waals surface area (Å²) in [4.78, 5) is 18.6. The zero-order chi connectivity index (χ0) is 23.9. The lowest BCUT2D eigenvalue weighted by molar-refractivity contribution is -0.0862. The fourth-order valence-corrected chi connectivity index (χ4v) is 5.66. The maximum Gasteiger partial charge on any atom is 0.264 e. The molecule has 0 atom stereocenters. The second-order valence-corrected chi connectivity index (χ2v) is 10.2. The van der Waals surface area contributed by atoms with Crippen molar-refractivity contribution in [3.63, 3.8) is 0 Å². The number of para-hydroxylation sites is 1. The maximum atomic E-state index is 13.0. The topological polar surface area (TPSA) is 99.6 Å². The number of hydrogen-bond donors (Lipinski definition) is 2. The van der Waals surface area contributed by atoms with E-state index in [0.29, 0.717) is 27.4 Å². The van der Waals surface area contributed by atoms with Crippen LogP contribution in [0.4, 0.5) is 5.69 Å². The second kappa shape index (κ2) is 8.39. The number of β-amino-alcohol motifs (C(OH)–C–C–N with tert-alkyl or cyclic N) is 1. The molecule has 1 aromatic heterocycles. The number of carbonyl (C=O) groups is 1. The van der Waals surface area contributed by atoms with Gasteiger partial charge in [-0.2, -0.15) is 0 Å². The summed E-state index contributed by atoms with van der Waals surface area (Å²) in [6, 6.07) is 21.7. The quantitative estimate of drug-likeness (QED) is 0.437. The van der Waals surface area contributed by atoms with Crippen LogP contribution >= 0.6 is 11.6 Å². The van der Waals surface area contributed by atoms with Crippen molar-refractivity contribution < 1.29 is 18.3 Å². The number of hydrogen-bond acceptors (Lipinski definition) is 5. The molecule has 0 saturated carbocycles. The number of aromatic nitrogens is 1. The molecule has 0 unspecified atom stereocenters. The van der Waals surface area contributed by atoms with Gasteiger partial charge in [-0.15, -0.1) is 0 Å². The third-order valence-corrected chi connectivity index (χ3v) is 7.58. The van der Waals surface area contributed by atoms with Crippen molar-refractivity contribution in [1.29, 1.82) is 0 Å². The van der Waals surface area contributed by atoms with Gasteiger partial charge < -0.3 is 10.0 Å². The number of anilines is 1. The van der Waals surface area contributed by atoms with E-state index < -0.39 is 15.6 Å². The fraction of sp³-hybridized carbons (Fsp3) is 0.120. The Kier molecular flexibility index (Phi) is 5.51. The number of nitrogens with zero attached hydrogens (tertiary/aromatic N) is 2. The average molecular weight is 494 g/mol. The summed E-state index contributed by atoms with van der Waals surface area (Å²) < 4.78 is 28.5. The maximum absolute atomic E-state index is 13.0. The molecule has 2 heterocycles. The number of fused-ring (bicyclic) bond motifs is 1. The number of rotatable bonds is 5. The summed E-state index contributed by atoms with van der Waals surface area (Å²) in [6.07, 6.45) is 1.55. The van der Waals surface area contributed by atoms with Crippen LogP contribution in [-0.2, 0) is 15.6 Å². The van der Waals surface area contributed by atoms with Gasteiger partial charge in [0, 0.05) is 33.4 Å². The van der Waals surface area contributed by atoms with Crippen LogP contribution in [0.5, 0.6) is 0 Å². The molecule has 1 fully saturated rings. The first-order valence-corrected chi connectivity index (χ1v) is 12.4. The van der Waals surface area contributed by atoms with E-state index in [1.165, 1.54) is 23.1 Å². The van der Waals surface area contributed by atoms with Crippen molar-refractivity contribution in [3.8, 4) is 0 Å². The van der Waals surface area contributed by atoms with Gasteiger partial charge in [0.1, 0.15) is 10.5 Å². The highest BCUT2D eigenvalue weighted by Gasteiger charge is 2.46. The number of amides is 1. The number of benzene rings is 3. The highest BCUT2D eigenvalue weighted by Crippen LogP contribution is 2.36. The Hall–Kier alpha value is -3.46. The Balaban J connectivity index is 1.30. The normalized spacial score (nSPS) is 15.1. The molecule has 3 aromatic carbocycles. The van der Waals surface area contributed by atoms with E-state index in [9.17, 15) is 18.3 Å². The zero-order valence-electron chi connectivity index (χ0n) is 17.8. The molecule has 1 saturated heterocycles. The predicted molar refractivity (Wildman–Crippen MR) is 130 cm³/mol.